The number of esters is 4. The van der Waals surface area contributed by atoms with E-state index in [1.165, 1.54) is 4.90 Å². The zero-order valence-corrected chi connectivity index (χ0v) is 43.7. The molecule has 31 unspecified atom stereocenters. The first kappa shape index (κ1) is 48.9. The van der Waals surface area contributed by atoms with Gasteiger partial charge in [-0.15, -0.1) is 0 Å². The predicted octanol–water partition coefficient (Wildman–Crippen LogP) is 5.19. The minimum atomic E-state index is -0.830. The summed E-state index contributed by atoms with van der Waals surface area (Å²) < 4.78 is 38.6. The molecule has 14 aliphatic rings. The Labute approximate surface area is 433 Å². The number of aliphatic carboxylic acids is 1. The molecule has 0 radical (unpaired) electrons. The maximum absolute atomic E-state index is 14.6. The number of carbonyl (C=O) groups is 7. The summed E-state index contributed by atoms with van der Waals surface area (Å²) in [5.74, 6) is -3.12. The minimum absolute atomic E-state index is 0.00361. The Morgan fingerprint density at radius 3 is 1.55 bits per heavy atom. The third-order valence-electron chi connectivity index (χ3n) is 24.3. The van der Waals surface area contributed by atoms with Gasteiger partial charge in [-0.25, -0.2) is 0 Å². The minimum Gasteiger partial charge on any atom is -0.481 e. The van der Waals surface area contributed by atoms with Gasteiger partial charge in [0.2, 0.25) is 11.8 Å². The molecular formula is C58H77NO15. The number of aliphatic hydroxyl groups is 1. The van der Waals surface area contributed by atoms with Crippen molar-refractivity contribution in [1.82, 2.24) is 4.90 Å². The van der Waals surface area contributed by atoms with Crippen LogP contribution in [0, 0.1) is 148 Å². The number of rotatable bonds is 14. The van der Waals surface area contributed by atoms with E-state index in [0.29, 0.717) is 48.3 Å². The molecule has 2 N–H and O–H groups in total. The first-order chi connectivity index (χ1) is 35.4. The third kappa shape index (κ3) is 6.73. The molecule has 404 valence electrons. The smallest absolute Gasteiger partial charge is 0.317 e. The van der Waals surface area contributed by atoms with Crippen molar-refractivity contribution >= 4 is 41.7 Å². The van der Waals surface area contributed by atoms with Crippen molar-refractivity contribution < 1.29 is 72.2 Å². The van der Waals surface area contributed by atoms with Crippen molar-refractivity contribution in [1.29, 1.82) is 0 Å². The maximum atomic E-state index is 14.6. The molecule has 8 heterocycles. The van der Waals surface area contributed by atoms with Gasteiger partial charge in [-0.1, -0.05) is 13.8 Å². The molecule has 14 rings (SSSR count). The maximum Gasteiger partial charge on any atom is 0.317 e. The average molecular weight is 1030 g/mol. The number of carboxylic acid groups (broad SMARTS) is 1. The number of ether oxygens (including phenoxy) is 6. The van der Waals surface area contributed by atoms with E-state index in [1.807, 2.05) is 20.8 Å². The number of hydrogen-bond donors (Lipinski definition) is 2. The van der Waals surface area contributed by atoms with Crippen molar-refractivity contribution in [2.75, 3.05) is 19.8 Å². The van der Waals surface area contributed by atoms with Gasteiger partial charge in [0.15, 0.2) is 0 Å². The number of carboxylic acids is 1. The first-order valence-electron chi connectivity index (χ1n) is 29.2. The van der Waals surface area contributed by atoms with E-state index in [-0.39, 0.29) is 169 Å². The molecule has 0 aromatic heterocycles. The van der Waals surface area contributed by atoms with Gasteiger partial charge in [-0.05, 0) is 198 Å². The van der Waals surface area contributed by atoms with Crippen LogP contribution in [0.4, 0.5) is 0 Å². The van der Waals surface area contributed by atoms with E-state index in [4.69, 9.17) is 28.4 Å². The van der Waals surface area contributed by atoms with Gasteiger partial charge in [0, 0.05) is 6.54 Å². The van der Waals surface area contributed by atoms with Crippen molar-refractivity contribution in [3.8, 4) is 0 Å². The zero-order valence-electron chi connectivity index (χ0n) is 43.7. The highest BCUT2D eigenvalue weighted by molar-refractivity contribution is 6.05. The molecule has 0 aromatic carbocycles. The van der Waals surface area contributed by atoms with E-state index >= 15 is 0 Å². The van der Waals surface area contributed by atoms with E-state index < -0.39 is 53.1 Å². The van der Waals surface area contributed by atoms with Crippen molar-refractivity contribution in [2.24, 2.45) is 148 Å². The normalized spacial score (nSPS) is 54.0. The Morgan fingerprint density at radius 1 is 0.581 bits per heavy atom. The van der Waals surface area contributed by atoms with Crippen LogP contribution in [0.5, 0.6) is 0 Å². The fourth-order valence-corrected chi connectivity index (χ4v) is 22.1. The summed E-state index contributed by atoms with van der Waals surface area (Å²) in [7, 11) is 0. The standard InChI is InChI=1S/C58H77NO15/c1-7-59-51(61)34(17-26-21(3)54(65)73-56(26)67)35(52(59)62)19-33-31(48-40-22-10-27(36(13-22)53(63)64)42(40)50(33)72-48)18-32-30(47-41-24-12-28(44(41)49(32)71-47)37(14-24)55(66)69-9-8-60)16-25-20(2)45-39-23-11-29(43(39)46(25)70-45)38(15-23)57(68)74-58(4,5)6/h20-50,60H,7-19H2,1-6H3,(H,63,64). The number of nitrogens with zero attached hydrogens (tertiary/aromatic N) is 1. The van der Waals surface area contributed by atoms with E-state index in [9.17, 15) is 43.8 Å². The molecule has 31 atom stereocenters. The molecule has 12 bridgehead atoms. The summed E-state index contributed by atoms with van der Waals surface area (Å²) >= 11 is 0. The Bertz CT molecular complexity index is 2420. The lowest BCUT2D eigenvalue weighted by molar-refractivity contribution is -0.164. The van der Waals surface area contributed by atoms with Crippen LogP contribution in [-0.4, -0.2) is 119 Å². The van der Waals surface area contributed by atoms with Gasteiger partial charge in [0.1, 0.15) is 12.2 Å². The molecule has 6 aliphatic carbocycles. The fourth-order valence-electron chi connectivity index (χ4n) is 22.1. The Kier molecular flexibility index (Phi) is 11.2. The topological polar surface area (TPSA) is 219 Å². The predicted molar refractivity (Wildman–Crippen MR) is 256 cm³/mol. The highest BCUT2D eigenvalue weighted by Crippen LogP contribution is 2.73. The molecule has 0 spiro atoms. The number of amides is 2. The van der Waals surface area contributed by atoms with Crippen LogP contribution in [0.1, 0.15) is 106 Å². The molecule has 2 amide bonds. The number of hydrogen-bond acceptors (Lipinski definition) is 14. The summed E-state index contributed by atoms with van der Waals surface area (Å²) in [6, 6.07) is 0. The summed E-state index contributed by atoms with van der Waals surface area (Å²) in [6.07, 6.45) is 6.99. The quantitative estimate of drug-likeness (QED) is 0.0991. The second kappa shape index (κ2) is 17.0. The van der Waals surface area contributed by atoms with Crippen LogP contribution in [-0.2, 0) is 62.0 Å². The van der Waals surface area contributed by atoms with Crippen molar-refractivity contribution in [3.63, 3.8) is 0 Å². The number of aliphatic hydroxyl groups excluding tert-OH is 1. The number of fused-ring (bicyclic) bond motifs is 27. The van der Waals surface area contributed by atoms with Gasteiger partial charge < -0.3 is 38.6 Å². The second-order valence-electron chi connectivity index (χ2n) is 27.8. The lowest BCUT2D eigenvalue weighted by Crippen LogP contribution is -2.51. The van der Waals surface area contributed by atoms with Crippen molar-refractivity contribution in [2.45, 2.75) is 148 Å². The van der Waals surface area contributed by atoms with Crippen LogP contribution >= 0.6 is 0 Å². The van der Waals surface area contributed by atoms with Gasteiger partial charge in [0.05, 0.1) is 84.7 Å². The Morgan fingerprint density at radius 2 is 1.04 bits per heavy atom. The molecule has 74 heavy (non-hydrogen) atoms. The van der Waals surface area contributed by atoms with Gasteiger partial charge in [0.25, 0.3) is 0 Å². The Hall–Kier alpha value is -3.47. The molecule has 16 nitrogen and oxygen atoms in total. The van der Waals surface area contributed by atoms with Gasteiger partial charge in [-0.2, -0.15) is 0 Å². The highest BCUT2D eigenvalue weighted by Gasteiger charge is 2.75. The lowest BCUT2D eigenvalue weighted by atomic mass is 9.54. The third-order valence-corrected chi connectivity index (χ3v) is 24.3. The molecule has 8 aliphatic heterocycles. The molecule has 6 saturated carbocycles. The molecule has 0 aromatic rings. The summed E-state index contributed by atoms with van der Waals surface area (Å²) in [4.78, 5) is 96.2. The number of likely N-dealkylation sites (tertiary alicyclic amines) is 1. The van der Waals surface area contributed by atoms with Gasteiger partial charge >= 0.3 is 29.8 Å². The molecule has 8 saturated heterocycles. The largest absolute Gasteiger partial charge is 0.481 e. The molecular weight excluding hydrogens is 951 g/mol. The van der Waals surface area contributed by atoms with E-state index in [1.54, 1.807) is 13.8 Å². The number of imide groups is 1. The second-order valence-corrected chi connectivity index (χ2v) is 27.8. The first-order valence-corrected chi connectivity index (χ1v) is 29.2. The monoisotopic (exact) mass is 1030 g/mol. The average Bonchev–Trinajstić information content (AvgIpc) is 4.19. The summed E-state index contributed by atoms with van der Waals surface area (Å²) in [5, 5.41) is 20.1. The fraction of sp³-hybridized carbons (Fsp3) is 0.879. The summed E-state index contributed by atoms with van der Waals surface area (Å²) in [5.41, 5.74) is -0.552. The lowest BCUT2D eigenvalue weighted by Gasteiger charge is -2.48. The van der Waals surface area contributed by atoms with Crippen LogP contribution in [0.2, 0.25) is 0 Å². The summed E-state index contributed by atoms with van der Waals surface area (Å²) in [6.45, 7) is 11.6. The van der Waals surface area contributed by atoms with Crippen molar-refractivity contribution in [3.05, 3.63) is 0 Å². The molecule has 16 heteroatoms. The van der Waals surface area contributed by atoms with Crippen LogP contribution < -0.4 is 0 Å². The van der Waals surface area contributed by atoms with E-state index in [0.717, 1.165) is 44.9 Å². The van der Waals surface area contributed by atoms with Gasteiger partial charge in [-0.3, -0.25) is 38.5 Å². The van der Waals surface area contributed by atoms with Crippen LogP contribution in [0.25, 0.3) is 0 Å². The van der Waals surface area contributed by atoms with E-state index in [2.05, 4.69) is 6.92 Å². The SMILES string of the molecule is CCN1C(=O)C(CC2C(=O)OC(=O)C2C)C(CC2C(CC3C(CC4C(C)C5OC4C4C6CC(CC6C(=O)OC(C)(C)C)C54)C4OC3C3C5CC(CC5C(=O)OCCO)C43)C3OC2C2C4CC(CC4C(=O)O)C32)C1=O. The highest BCUT2D eigenvalue weighted by atomic mass is 16.6. The number of carbonyl (C=O) groups excluding carboxylic acids is 6. The Balaban J connectivity index is 0.800. The van der Waals surface area contributed by atoms with Crippen LogP contribution in [0.3, 0.4) is 0 Å². The number of cyclic esters (lactones) is 2. The molecule has 14 fully saturated rings. The zero-order chi connectivity index (χ0) is 51.5. The van der Waals surface area contributed by atoms with Crippen LogP contribution in [0.15, 0.2) is 0 Å².